The largest absolute Gasteiger partial charge is 0.493 e. The monoisotopic (exact) mass is 275 g/mol. The van der Waals surface area contributed by atoms with Gasteiger partial charge in [0.1, 0.15) is 0 Å². The highest BCUT2D eigenvalue weighted by Crippen LogP contribution is 2.37. The highest BCUT2D eigenvalue weighted by Gasteiger charge is 2.32. The van der Waals surface area contributed by atoms with Crippen LogP contribution in [-0.2, 0) is 6.42 Å². The first-order valence-electron chi connectivity index (χ1n) is 7.28. The number of hydrogen-bond donors (Lipinski definition) is 1. The number of rotatable bonds is 4. The number of fused-ring (bicyclic) bond motifs is 1. The summed E-state index contributed by atoms with van der Waals surface area (Å²) in [6.07, 6.45) is 5.36. The highest BCUT2D eigenvalue weighted by atomic mass is 16.5. The molecule has 0 spiro atoms. The fourth-order valence-electron chi connectivity index (χ4n) is 3.10. The third-order valence-electron chi connectivity index (χ3n) is 4.46. The molecule has 1 atom stereocenters. The molecule has 2 aliphatic rings. The van der Waals surface area contributed by atoms with Gasteiger partial charge < -0.3 is 14.8 Å². The highest BCUT2D eigenvalue weighted by molar-refractivity contribution is 6.03. The Labute approximate surface area is 119 Å². The summed E-state index contributed by atoms with van der Waals surface area (Å²) in [5, 5.41) is 3.49. The van der Waals surface area contributed by atoms with Crippen molar-refractivity contribution in [3.8, 4) is 11.5 Å². The van der Waals surface area contributed by atoms with E-state index in [1.54, 1.807) is 14.2 Å². The summed E-state index contributed by atoms with van der Waals surface area (Å²) in [7, 11) is 3.25. The molecule has 0 amide bonds. The average Bonchev–Trinajstić information content (AvgIpc) is 2.43. The zero-order valence-electron chi connectivity index (χ0n) is 12.1. The van der Waals surface area contributed by atoms with E-state index in [0.29, 0.717) is 17.5 Å². The molecule has 0 heterocycles. The molecule has 1 saturated carbocycles. The second-order valence-corrected chi connectivity index (χ2v) is 5.58. The lowest BCUT2D eigenvalue weighted by Gasteiger charge is -2.33. The third kappa shape index (κ3) is 2.18. The van der Waals surface area contributed by atoms with E-state index < -0.39 is 0 Å². The van der Waals surface area contributed by atoms with E-state index in [1.165, 1.54) is 19.3 Å². The van der Waals surface area contributed by atoms with Crippen molar-refractivity contribution in [3.63, 3.8) is 0 Å². The van der Waals surface area contributed by atoms with Gasteiger partial charge in [0, 0.05) is 17.2 Å². The molecule has 0 saturated heterocycles. The van der Waals surface area contributed by atoms with Crippen molar-refractivity contribution in [3.05, 3.63) is 23.3 Å². The Kier molecular flexibility index (Phi) is 3.66. The second-order valence-electron chi connectivity index (χ2n) is 5.58. The Bertz CT molecular complexity index is 523. The van der Waals surface area contributed by atoms with Gasteiger partial charge in [-0.1, -0.05) is 6.42 Å². The van der Waals surface area contributed by atoms with Crippen LogP contribution in [0, 0.1) is 0 Å². The molecule has 4 heteroatoms. The number of benzene rings is 1. The van der Waals surface area contributed by atoms with Crippen LogP contribution in [0.3, 0.4) is 0 Å². The van der Waals surface area contributed by atoms with Crippen LogP contribution in [0.4, 0.5) is 0 Å². The topological polar surface area (TPSA) is 47.6 Å². The van der Waals surface area contributed by atoms with E-state index in [1.807, 2.05) is 12.1 Å². The van der Waals surface area contributed by atoms with E-state index >= 15 is 0 Å². The Morgan fingerprint density at radius 1 is 1.15 bits per heavy atom. The number of carbonyl (C=O) groups excluding carboxylic acids is 1. The van der Waals surface area contributed by atoms with Gasteiger partial charge in [-0.2, -0.15) is 0 Å². The Morgan fingerprint density at radius 3 is 2.55 bits per heavy atom. The van der Waals surface area contributed by atoms with Gasteiger partial charge in [0.25, 0.3) is 0 Å². The van der Waals surface area contributed by atoms with E-state index in [4.69, 9.17) is 9.47 Å². The van der Waals surface area contributed by atoms with Crippen molar-refractivity contribution in [1.82, 2.24) is 5.32 Å². The maximum Gasteiger partial charge on any atom is 0.180 e. The molecule has 108 valence electrons. The Balaban J connectivity index is 1.87. The lowest BCUT2D eigenvalue weighted by molar-refractivity contribution is 0.0908. The maximum absolute atomic E-state index is 12.6. The van der Waals surface area contributed by atoms with Crippen molar-refractivity contribution in [2.24, 2.45) is 0 Å². The SMILES string of the molecule is COc1ccc2c(c1OC)CCC(NC1CCC1)C2=O. The first-order valence-corrected chi connectivity index (χ1v) is 7.28. The van der Waals surface area contributed by atoms with Crippen molar-refractivity contribution in [1.29, 1.82) is 0 Å². The minimum atomic E-state index is -0.0362. The summed E-state index contributed by atoms with van der Waals surface area (Å²) >= 11 is 0. The van der Waals surface area contributed by atoms with Crippen molar-refractivity contribution in [2.45, 2.75) is 44.2 Å². The van der Waals surface area contributed by atoms with Gasteiger partial charge in [-0.3, -0.25) is 4.79 Å². The molecule has 3 rings (SSSR count). The summed E-state index contributed by atoms with van der Waals surface area (Å²) in [6, 6.07) is 4.19. The Hall–Kier alpha value is -1.55. The molecule has 0 aromatic heterocycles. The van der Waals surface area contributed by atoms with Gasteiger partial charge in [0.15, 0.2) is 17.3 Å². The number of Topliss-reactive ketones (excluding diaryl/α,β-unsaturated/α-hetero) is 1. The van der Waals surface area contributed by atoms with E-state index in [9.17, 15) is 4.79 Å². The molecule has 20 heavy (non-hydrogen) atoms. The van der Waals surface area contributed by atoms with E-state index in [-0.39, 0.29) is 11.8 Å². The first-order chi connectivity index (χ1) is 9.74. The lowest BCUT2D eigenvalue weighted by atomic mass is 9.84. The summed E-state index contributed by atoms with van der Waals surface area (Å²) in [5.41, 5.74) is 1.77. The summed E-state index contributed by atoms with van der Waals surface area (Å²) in [4.78, 5) is 12.6. The van der Waals surface area contributed by atoms with Crippen LogP contribution in [0.25, 0.3) is 0 Å². The van der Waals surface area contributed by atoms with E-state index in [0.717, 1.165) is 24.0 Å². The molecular weight excluding hydrogens is 254 g/mol. The summed E-state index contributed by atoms with van der Waals surface area (Å²) in [6.45, 7) is 0. The molecule has 1 aromatic carbocycles. The van der Waals surface area contributed by atoms with Crippen molar-refractivity contribution in [2.75, 3.05) is 14.2 Å². The molecule has 0 aliphatic heterocycles. The molecule has 4 nitrogen and oxygen atoms in total. The van der Waals surface area contributed by atoms with Gasteiger partial charge in [0.2, 0.25) is 0 Å². The van der Waals surface area contributed by atoms with Gasteiger partial charge in [-0.15, -0.1) is 0 Å². The number of ketones is 1. The molecule has 1 fully saturated rings. The van der Waals surface area contributed by atoms with Crippen molar-refractivity contribution < 1.29 is 14.3 Å². The minimum absolute atomic E-state index is 0.0362. The predicted molar refractivity (Wildman–Crippen MR) is 76.8 cm³/mol. The number of nitrogens with one attached hydrogen (secondary N) is 1. The number of ether oxygens (including phenoxy) is 2. The third-order valence-corrected chi connectivity index (χ3v) is 4.46. The quantitative estimate of drug-likeness (QED) is 0.916. The van der Waals surface area contributed by atoms with E-state index in [2.05, 4.69) is 5.32 Å². The number of methoxy groups -OCH3 is 2. The second kappa shape index (κ2) is 5.44. The van der Waals surface area contributed by atoms with Gasteiger partial charge in [0.05, 0.1) is 20.3 Å². The van der Waals surface area contributed by atoms with Crippen LogP contribution >= 0.6 is 0 Å². The average molecular weight is 275 g/mol. The minimum Gasteiger partial charge on any atom is -0.493 e. The smallest absolute Gasteiger partial charge is 0.180 e. The molecule has 1 aromatic rings. The molecular formula is C16H21NO3. The van der Waals surface area contributed by atoms with Crippen LogP contribution in [-0.4, -0.2) is 32.1 Å². The van der Waals surface area contributed by atoms with Crippen LogP contribution in [0.5, 0.6) is 11.5 Å². The normalized spacial score (nSPS) is 22.1. The van der Waals surface area contributed by atoms with Crippen molar-refractivity contribution >= 4 is 5.78 Å². The molecule has 0 radical (unpaired) electrons. The van der Waals surface area contributed by atoms with Gasteiger partial charge in [-0.25, -0.2) is 0 Å². The molecule has 2 aliphatic carbocycles. The standard InChI is InChI=1S/C16H21NO3/c1-19-14-9-7-11-12(16(14)20-2)6-8-13(15(11)18)17-10-4-3-5-10/h7,9-10,13,17H,3-6,8H2,1-2H3. The number of carbonyl (C=O) groups is 1. The van der Waals surface area contributed by atoms with Crippen LogP contribution in [0.15, 0.2) is 12.1 Å². The molecule has 1 unspecified atom stereocenters. The predicted octanol–water partition coefficient (Wildman–Crippen LogP) is 2.34. The fourth-order valence-corrected chi connectivity index (χ4v) is 3.10. The zero-order valence-corrected chi connectivity index (χ0v) is 12.1. The Morgan fingerprint density at radius 2 is 1.95 bits per heavy atom. The zero-order chi connectivity index (χ0) is 14.1. The van der Waals surface area contributed by atoms with Crippen LogP contribution in [0.2, 0.25) is 0 Å². The van der Waals surface area contributed by atoms with Gasteiger partial charge in [-0.05, 0) is 37.8 Å². The summed E-state index contributed by atoms with van der Waals surface area (Å²) in [5.74, 6) is 1.60. The number of hydrogen-bond acceptors (Lipinski definition) is 4. The van der Waals surface area contributed by atoms with Crippen LogP contribution < -0.4 is 14.8 Å². The van der Waals surface area contributed by atoms with Gasteiger partial charge >= 0.3 is 0 Å². The molecule has 0 bridgehead atoms. The summed E-state index contributed by atoms with van der Waals surface area (Å²) < 4.78 is 10.7. The van der Waals surface area contributed by atoms with Crippen LogP contribution in [0.1, 0.15) is 41.6 Å². The first kappa shape index (κ1) is 13.4. The molecule has 1 N–H and O–H groups in total. The maximum atomic E-state index is 12.6. The lowest BCUT2D eigenvalue weighted by Crippen LogP contribution is -2.48. The fraction of sp³-hybridized carbons (Fsp3) is 0.562.